The van der Waals surface area contributed by atoms with Gasteiger partial charge in [-0.15, -0.1) is 0 Å². The van der Waals surface area contributed by atoms with Gasteiger partial charge in [-0.2, -0.15) is 5.10 Å². The van der Waals surface area contributed by atoms with E-state index in [9.17, 15) is 14.7 Å². The van der Waals surface area contributed by atoms with Crippen molar-refractivity contribution in [2.75, 3.05) is 13.6 Å². The van der Waals surface area contributed by atoms with Crippen LogP contribution >= 0.6 is 0 Å². The number of nitrogens with zero attached hydrogens (tertiary/aromatic N) is 4. The fraction of sp³-hybridized carbons (Fsp3) is 0.444. The Morgan fingerprint density at radius 3 is 2.81 bits per heavy atom. The van der Waals surface area contributed by atoms with E-state index in [4.69, 9.17) is 0 Å². The number of phenols is 1. The average Bonchev–Trinajstić information content (AvgIpc) is 2.99. The second-order valence-corrected chi connectivity index (χ2v) is 7.02. The molecule has 2 aliphatic rings. The van der Waals surface area contributed by atoms with E-state index in [1.54, 1.807) is 31.3 Å². The lowest BCUT2D eigenvalue weighted by atomic mass is 10.1. The van der Waals surface area contributed by atoms with Gasteiger partial charge in [-0.1, -0.05) is 26.0 Å². The number of urea groups is 1. The van der Waals surface area contributed by atoms with Crippen LogP contribution in [0.5, 0.6) is 5.75 Å². The first-order valence-corrected chi connectivity index (χ1v) is 8.87. The van der Waals surface area contributed by atoms with Crippen LogP contribution in [0, 0.1) is 5.92 Å². The molecular formula is C18H24N6O3. The molecule has 9 heteroatoms. The predicted molar refractivity (Wildman–Crippen MR) is 101 cm³/mol. The average molecular weight is 372 g/mol. The Bertz CT molecular complexity index is 791. The molecule has 0 bridgehead atoms. The largest absolute Gasteiger partial charge is 0.507 e. The number of likely N-dealkylation sites (N-methyl/N-ethyl adjacent to an activating group) is 1. The van der Waals surface area contributed by atoms with E-state index in [-0.39, 0.29) is 11.7 Å². The summed E-state index contributed by atoms with van der Waals surface area (Å²) < 4.78 is 0. The van der Waals surface area contributed by atoms with Crippen molar-refractivity contribution in [3.63, 3.8) is 0 Å². The summed E-state index contributed by atoms with van der Waals surface area (Å²) in [6.07, 6.45) is 1.74. The van der Waals surface area contributed by atoms with E-state index < -0.39 is 18.2 Å². The number of carbonyl (C=O) groups excluding carboxylic acids is 2. The first-order chi connectivity index (χ1) is 12.9. The lowest BCUT2D eigenvalue weighted by Crippen LogP contribution is -2.64. The maximum absolute atomic E-state index is 12.4. The molecule has 2 aliphatic heterocycles. The number of hydrogen-bond acceptors (Lipinski definition) is 7. The number of hydrogen-bond donors (Lipinski definition) is 3. The highest BCUT2D eigenvalue weighted by molar-refractivity contribution is 6.03. The zero-order valence-corrected chi connectivity index (χ0v) is 15.6. The zero-order valence-electron chi connectivity index (χ0n) is 15.6. The van der Waals surface area contributed by atoms with Gasteiger partial charge in [-0.25, -0.2) is 15.2 Å². The fourth-order valence-electron chi connectivity index (χ4n) is 3.02. The number of para-hydroxylation sites is 1. The van der Waals surface area contributed by atoms with Gasteiger partial charge < -0.3 is 14.9 Å². The highest BCUT2D eigenvalue weighted by atomic mass is 16.3. The summed E-state index contributed by atoms with van der Waals surface area (Å²) in [6.45, 7) is 4.81. The number of imide groups is 1. The van der Waals surface area contributed by atoms with Crippen molar-refractivity contribution in [1.29, 1.82) is 0 Å². The number of phenolic OH excluding ortho intramolecular Hbond substituents is 1. The van der Waals surface area contributed by atoms with Gasteiger partial charge in [0.15, 0.2) is 12.2 Å². The van der Waals surface area contributed by atoms with Crippen LogP contribution in [0.25, 0.3) is 0 Å². The molecule has 0 aliphatic carbocycles. The van der Waals surface area contributed by atoms with Crippen LogP contribution in [-0.4, -0.2) is 64.8 Å². The topological polar surface area (TPSA) is 110 Å². The van der Waals surface area contributed by atoms with Crippen molar-refractivity contribution in [3.05, 3.63) is 29.8 Å². The van der Waals surface area contributed by atoms with Gasteiger partial charge in [0.05, 0.1) is 6.21 Å². The Morgan fingerprint density at radius 1 is 1.37 bits per heavy atom. The summed E-state index contributed by atoms with van der Waals surface area (Å²) in [4.78, 5) is 32.0. The molecule has 2 atom stereocenters. The molecule has 1 fully saturated rings. The predicted octanol–water partition coefficient (Wildman–Crippen LogP) is 0.910. The molecule has 2 unspecified atom stereocenters. The van der Waals surface area contributed by atoms with Gasteiger partial charge in [0, 0.05) is 19.2 Å². The Morgan fingerprint density at radius 2 is 2.11 bits per heavy atom. The second kappa shape index (κ2) is 7.65. The molecule has 0 spiro atoms. The molecule has 1 aromatic rings. The number of aliphatic imine (C=N–C) groups is 1. The summed E-state index contributed by atoms with van der Waals surface area (Å²) in [5, 5.41) is 16.3. The summed E-state index contributed by atoms with van der Waals surface area (Å²) in [5.74, 6) is 0.624. The molecular weight excluding hydrogens is 348 g/mol. The zero-order chi connectivity index (χ0) is 19.6. The minimum atomic E-state index is -0.596. The van der Waals surface area contributed by atoms with Gasteiger partial charge in [0.1, 0.15) is 5.75 Å². The molecule has 0 aromatic heterocycles. The first kappa shape index (κ1) is 18.7. The van der Waals surface area contributed by atoms with E-state index in [0.29, 0.717) is 24.0 Å². The SMILES string of the molecule is CC(C)CCN1C(N/N=C/c2ccccc2O)=NC2C1C(=O)NC(=O)N2C. The van der Waals surface area contributed by atoms with Crippen molar-refractivity contribution in [1.82, 2.24) is 20.5 Å². The Hall–Kier alpha value is -3.10. The number of carbonyl (C=O) groups is 2. The van der Waals surface area contributed by atoms with Crippen LogP contribution in [0.4, 0.5) is 4.79 Å². The summed E-state index contributed by atoms with van der Waals surface area (Å²) in [7, 11) is 1.61. The number of benzene rings is 1. The first-order valence-electron chi connectivity index (χ1n) is 8.87. The number of aromatic hydroxyl groups is 1. The summed E-state index contributed by atoms with van der Waals surface area (Å²) in [5.41, 5.74) is 3.42. The molecule has 9 nitrogen and oxygen atoms in total. The third kappa shape index (κ3) is 3.86. The molecule has 3 rings (SSSR count). The third-order valence-corrected chi connectivity index (χ3v) is 4.61. The van der Waals surface area contributed by atoms with Crippen molar-refractivity contribution < 1.29 is 14.7 Å². The maximum atomic E-state index is 12.4. The van der Waals surface area contributed by atoms with Gasteiger partial charge in [0.25, 0.3) is 5.91 Å². The summed E-state index contributed by atoms with van der Waals surface area (Å²) in [6, 6.07) is 5.77. The van der Waals surface area contributed by atoms with Gasteiger partial charge in [-0.3, -0.25) is 10.1 Å². The lowest BCUT2D eigenvalue weighted by molar-refractivity contribution is -0.127. The van der Waals surface area contributed by atoms with E-state index in [2.05, 4.69) is 34.7 Å². The second-order valence-electron chi connectivity index (χ2n) is 7.02. The number of amides is 3. The van der Waals surface area contributed by atoms with Crippen LogP contribution in [0.2, 0.25) is 0 Å². The van der Waals surface area contributed by atoms with Crippen LogP contribution in [0.1, 0.15) is 25.8 Å². The van der Waals surface area contributed by atoms with Gasteiger partial charge >= 0.3 is 6.03 Å². The van der Waals surface area contributed by atoms with Crippen molar-refractivity contribution >= 4 is 24.1 Å². The number of nitrogens with one attached hydrogen (secondary N) is 2. The summed E-state index contributed by atoms with van der Waals surface area (Å²) >= 11 is 0. The van der Waals surface area contributed by atoms with E-state index in [1.165, 1.54) is 11.1 Å². The maximum Gasteiger partial charge on any atom is 0.325 e. The van der Waals surface area contributed by atoms with E-state index in [0.717, 1.165) is 6.42 Å². The van der Waals surface area contributed by atoms with Crippen LogP contribution in [-0.2, 0) is 4.79 Å². The third-order valence-electron chi connectivity index (χ3n) is 4.61. The van der Waals surface area contributed by atoms with Gasteiger partial charge in [-0.05, 0) is 24.5 Å². The Balaban J connectivity index is 1.80. The van der Waals surface area contributed by atoms with Crippen molar-refractivity contribution in [3.8, 4) is 5.75 Å². The quantitative estimate of drug-likeness (QED) is 0.526. The molecule has 144 valence electrons. The Labute approximate surface area is 157 Å². The number of rotatable bonds is 5. The van der Waals surface area contributed by atoms with Crippen LogP contribution in [0.3, 0.4) is 0 Å². The molecule has 2 heterocycles. The highest BCUT2D eigenvalue weighted by Gasteiger charge is 2.48. The molecule has 0 saturated carbocycles. The monoisotopic (exact) mass is 372 g/mol. The fourth-order valence-corrected chi connectivity index (χ4v) is 3.02. The van der Waals surface area contributed by atoms with E-state index >= 15 is 0 Å². The number of guanidine groups is 1. The normalized spacial score (nSPS) is 22.3. The Kier molecular flexibility index (Phi) is 5.29. The standard InChI is InChI=1S/C18H24N6O3/c1-11(2)8-9-24-14-15(23(3)18(27)21-16(14)26)20-17(24)22-19-10-12-6-4-5-7-13(12)25/h4-7,10-11,14-15,25H,8-9H2,1-3H3,(H,20,22)(H,21,26,27)/b19-10+. The van der Waals surface area contributed by atoms with Crippen LogP contribution in [0.15, 0.2) is 34.4 Å². The smallest absolute Gasteiger partial charge is 0.325 e. The lowest BCUT2D eigenvalue weighted by Gasteiger charge is -2.36. The minimum Gasteiger partial charge on any atom is -0.507 e. The molecule has 1 saturated heterocycles. The molecule has 27 heavy (non-hydrogen) atoms. The highest BCUT2D eigenvalue weighted by Crippen LogP contribution is 2.24. The molecule has 1 aromatic carbocycles. The van der Waals surface area contributed by atoms with Crippen LogP contribution < -0.4 is 10.7 Å². The molecule has 3 N–H and O–H groups in total. The van der Waals surface area contributed by atoms with Gasteiger partial charge in [0.2, 0.25) is 5.96 Å². The molecule has 3 amide bonds. The number of hydrazone groups is 1. The van der Waals surface area contributed by atoms with E-state index in [1.807, 2.05) is 4.90 Å². The van der Waals surface area contributed by atoms with Crippen molar-refractivity contribution in [2.45, 2.75) is 32.5 Å². The number of fused-ring (bicyclic) bond motifs is 1. The minimum absolute atomic E-state index is 0.117. The molecule has 0 radical (unpaired) electrons. The van der Waals surface area contributed by atoms with Crippen molar-refractivity contribution in [2.24, 2.45) is 16.0 Å².